The fourth-order valence-corrected chi connectivity index (χ4v) is 4.82. The molecule has 1 amide bonds. The van der Waals surface area contributed by atoms with E-state index in [0.29, 0.717) is 23.8 Å². The molecule has 0 atom stereocenters. The van der Waals surface area contributed by atoms with Crippen molar-refractivity contribution < 1.29 is 4.79 Å². The van der Waals surface area contributed by atoms with Crippen LogP contribution in [-0.4, -0.2) is 56.7 Å². The Morgan fingerprint density at radius 2 is 1.86 bits per heavy atom. The highest BCUT2D eigenvalue weighted by Crippen LogP contribution is 2.40. The van der Waals surface area contributed by atoms with Gasteiger partial charge in [-0.25, -0.2) is 0 Å². The first kappa shape index (κ1) is 20.1. The van der Waals surface area contributed by atoms with Crippen LogP contribution in [0.3, 0.4) is 0 Å². The Morgan fingerprint density at radius 3 is 2.59 bits per heavy atom. The quantitative estimate of drug-likeness (QED) is 0.753. The number of carbonyl (C=O) groups excluding carboxylic acids is 1. The highest BCUT2D eigenvalue weighted by atomic mass is 16.2. The second-order valence-electron chi connectivity index (χ2n) is 9.08. The van der Waals surface area contributed by atoms with Gasteiger partial charge >= 0.3 is 0 Å². The first-order chi connectivity index (χ1) is 14.0. The summed E-state index contributed by atoms with van der Waals surface area (Å²) in [4.78, 5) is 17.1. The molecule has 1 spiro atoms. The molecule has 1 aromatic heterocycles. The molecule has 2 aliphatic heterocycles. The monoisotopic (exact) mass is 395 g/mol. The van der Waals surface area contributed by atoms with Gasteiger partial charge in [-0.15, -0.1) is 10.2 Å². The van der Waals surface area contributed by atoms with Crippen molar-refractivity contribution in [2.75, 3.05) is 26.2 Å². The van der Waals surface area contributed by atoms with Gasteiger partial charge in [0.15, 0.2) is 0 Å². The van der Waals surface area contributed by atoms with Crippen molar-refractivity contribution >= 4 is 5.91 Å². The largest absolute Gasteiger partial charge is 0.342 e. The Balaban J connectivity index is 1.32. The maximum Gasteiger partial charge on any atom is 0.222 e. The van der Waals surface area contributed by atoms with Crippen LogP contribution >= 0.6 is 0 Å². The van der Waals surface area contributed by atoms with Gasteiger partial charge in [-0.05, 0) is 63.6 Å². The van der Waals surface area contributed by atoms with Gasteiger partial charge in [-0.2, -0.15) is 0 Å². The summed E-state index contributed by atoms with van der Waals surface area (Å²) in [5, 5.41) is 8.43. The second-order valence-corrected chi connectivity index (χ2v) is 9.08. The number of hydrogen-bond donors (Lipinski definition) is 0. The topological polar surface area (TPSA) is 54.3 Å². The fraction of sp³-hybridized carbons (Fsp3) is 0.609. The van der Waals surface area contributed by atoms with Crippen LogP contribution in [0.15, 0.2) is 36.7 Å². The van der Waals surface area contributed by atoms with Crippen molar-refractivity contribution in [3.8, 4) is 0 Å². The maximum atomic E-state index is 12.5. The lowest BCUT2D eigenvalue weighted by atomic mass is 9.72. The van der Waals surface area contributed by atoms with Crippen molar-refractivity contribution in [3.63, 3.8) is 0 Å². The third kappa shape index (κ3) is 4.69. The van der Waals surface area contributed by atoms with E-state index in [1.807, 2.05) is 12.4 Å². The lowest BCUT2D eigenvalue weighted by Crippen LogP contribution is -2.51. The van der Waals surface area contributed by atoms with Crippen molar-refractivity contribution in [3.05, 3.63) is 48.0 Å². The highest BCUT2D eigenvalue weighted by molar-refractivity contribution is 5.77. The first-order valence-corrected chi connectivity index (χ1v) is 11.0. The van der Waals surface area contributed by atoms with Gasteiger partial charge in [0.1, 0.15) is 12.2 Å². The molecule has 2 fully saturated rings. The molecule has 3 heterocycles. The van der Waals surface area contributed by atoms with Crippen LogP contribution in [0.25, 0.3) is 0 Å². The highest BCUT2D eigenvalue weighted by Gasteiger charge is 2.40. The van der Waals surface area contributed by atoms with E-state index < -0.39 is 0 Å². The van der Waals surface area contributed by atoms with Crippen molar-refractivity contribution in [2.24, 2.45) is 5.41 Å². The van der Waals surface area contributed by atoms with E-state index in [1.165, 1.54) is 5.56 Å². The average Bonchev–Trinajstić information content (AvgIpc) is 3.20. The third-order valence-electron chi connectivity index (χ3n) is 6.75. The third-order valence-corrected chi connectivity index (χ3v) is 6.75. The van der Waals surface area contributed by atoms with E-state index >= 15 is 0 Å². The summed E-state index contributed by atoms with van der Waals surface area (Å²) in [6.07, 6.45) is 6.86. The number of piperidine rings is 2. The molecule has 156 valence electrons. The van der Waals surface area contributed by atoms with Crippen molar-refractivity contribution in [1.82, 2.24) is 24.6 Å². The normalized spacial score (nSPS) is 20.0. The van der Waals surface area contributed by atoms with Gasteiger partial charge in [0.2, 0.25) is 5.91 Å². The number of nitrogens with zero attached hydrogens (tertiary/aromatic N) is 5. The van der Waals surface area contributed by atoms with E-state index in [1.54, 1.807) is 0 Å². The molecule has 0 radical (unpaired) electrons. The van der Waals surface area contributed by atoms with Gasteiger partial charge < -0.3 is 9.47 Å². The van der Waals surface area contributed by atoms with Gasteiger partial charge in [0, 0.05) is 25.6 Å². The Morgan fingerprint density at radius 1 is 1.10 bits per heavy atom. The predicted octanol–water partition coefficient (Wildman–Crippen LogP) is 3.31. The van der Waals surface area contributed by atoms with Crippen molar-refractivity contribution in [1.29, 1.82) is 0 Å². The van der Waals surface area contributed by atoms with Crippen LogP contribution in [0.1, 0.15) is 57.0 Å². The number of aromatic nitrogens is 3. The molecule has 6 heteroatoms. The molecule has 0 bridgehead atoms. The second kappa shape index (κ2) is 8.66. The number of amides is 1. The number of likely N-dealkylation sites (tertiary alicyclic amines) is 2. The Labute approximate surface area is 173 Å². The lowest BCUT2D eigenvalue weighted by Gasteiger charge is -2.47. The first-order valence-electron chi connectivity index (χ1n) is 11.0. The number of carbonyl (C=O) groups is 1. The Kier molecular flexibility index (Phi) is 5.99. The minimum absolute atomic E-state index is 0.298. The van der Waals surface area contributed by atoms with Crippen LogP contribution in [0, 0.1) is 5.41 Å². The van der Waals surface area contributed by atoms with Crippen molar-refractivity contribution in [2.45, 2.75) is 58.5 Å². The molecular formula is C23H33N5O. The molecular weight excluding hydrogens is 362 g/mol. The van der Waals surface area contributed by atoms with E-state index in [2.05, 4.69) is 62.7 Å². The van der Waals surface area contributed by atoms with Crippen LogP contribution in [-0.2, 0) is 17.8 Å². The predicted molar refractivity (Wildman–Crippen MR) is 113 cm³/mol. The number of benzene rings is 1. The zero-order valence-electron chi connectivity index (χ0n) is 17.8. The summed E-state index contributed by atoms with van der Waals surface area (Å²) in [5.74, 6) is 1.39. The van der Waals surface area contributed by atoms with Crippen LogP contribution in [0.4, 0.5) is 0 Å². The summed E-state index contributed by atoms with van der Waals surface area (Å²) in [6.45, 7) is 9.12. The Hall–Kier alpha value is -2.21. The van der Waals surface area contributed by atoms with Crippen LogP contribution < -0.4 is 0 Å². The molecule has 0 N–H and O–H groups in total. The molecule has 0 saturated carbocycles. The molecule has 2 aliphatic rings. The molecule has 29 heavy (non-hydrogen) atoms. The maximum absolute atomic E-state index is 12.5. The summed E-state index contributed by atoms with van der Waals surface area (Å²) < 4.78 is 2.16. The van der Waals surface area contributed by atoms with E-state index in [0.717, 1.165) is 64.2 Å². The van der Waals surface area contributed by atoms with E-state index in [-0.39, 0.29) is 0 Å². The standard InChI is InChI=1S/C23H33N5O/c1-19(2)28-18-24-25-21(28)16-26-14-11-23(12-15-26)10-8-22(29)27(17-23)13-9-20-6-4-3-5-7-20/h3-7,18-19H,8-17H2,1-2H3. The molecule has 6 nitrogen and oxygen atoms in total. The number of hydrogen-bond acceptors (Lipinski definition) is 4. The summed E-state index contributed by atoms with van der Waals surface area (Å²) in [6, 6.07) is 10.9. The van der Waals surface area contributed by atoms with E-state index in [9.17, 15) is 4.79 Å². The molecule has 0 aliphatic carbocycles. The smallest absolute Gasteiger partial charge is 0.222 e. The zero-order chi connectivity index (χ0) is 20.3. The zero-order valence-corrected chi connectivity index (χ0v) is 17.8. The average molecular weight is 396 g/mol. The van der Waals surface area contributed by atoms with Gasteiger partial charge in [0.05, 0.1) is 6.54 Å². The SMILES string of the molecule is CC(C)n1cnnc1CN1CCC2(CCC(=O)N(CCc3ccccc3)C2)CC1. The molecule has 2 saturated heterocycles. The molecule has 2 aromatic rings. The fourth-order valence-electron chi connectivity index (χ4n) is 4.82. The van der Waals surface area contributed by atoms with Gasteiger partial charge in [-0.3, -0.25) is 9.69 Å². The minimum Gasteiger partial charge on any atom is -0.342 e. The summed E-state index contributed by atoms with van der Waals surface area (Å²) in [5.41, 5.74) is 1.61. The number of rotatable bonds is 6. The van der Waals surface area contributed by atoms with Crippen LogP contribution in [0.5, 0.6) is 0 Å². The molecule has 4 rings (SSSR count). The molecule has 1 aromatic carbocycles. The summed E-state index contributed by atoms with van der Waals surface area (Å²) in [7, 11) is 0. The van der Waals surface area contributed by atoms with Gasteiger partial charge in [0.25, 0.3) is 0 Å². The van der Waals surface area contributed by atoms with Crippen LogP contribution in [0.2, 0.25) is 0 Å². The summed E-state index contributed by atoms with van der Waals surface area (Å²) >= 11 is 0. The lowest BCUT2D eigenvalue weighted by molar-refractivity contribution is -0.139. The van der Waals surface area contributed by atoms with Gasteiger partial charge in [-0.1, -0.05) is 30.3 Å². The molecule has 0 unspecified atom stereocenters. The Bertz CT molecular complexity index is 808. The minimum atomic E-state index is 0.298. The van der Waals surface area contributed by atoms with E-state index in [4.69, 9.17) is 0 Å².